The Balaban J connectivity index is 2.21. The third-order valence-corrected chi connectivity index (χ3v) is 4.03. The summed E-state index contributed by atoms with van der Waals surface area (Å²) in [5.41, 5.74) is 0.976. The summed E-state index contributed by atoms with van der Waals surface area (Å²) in [4.78, 5) is 11.4. The summed E-state index contributed by atoms with van der Waals surface area (Å²) in [6.07, 6.45) is 4.46. The van der Waals surface area contributed by atoms with Gasteiger partial charge in [-0.15, -0.1) is 0 Å². The smallest absolute Gasteiger partial charge is 0.137 e. The van der Waals surface area contributed by atoms with E-state index in [1.165, 1.54) is 0 Å². The highest BCUT2D eigenvalue weighted by Gasteiger charge is 2.23. The fourth-order valence-electron chi connectivity index (χ4n) is 2.67. The van der Waals surface area contributed by atoms with Crippen molar-refractivity contribution in [3.8, 4) is 0 Å². The minimum atomic E-state index is 0.302. The van der Waals surface area contributed by atoms with E-state index in [0.717, 1.165) is 62.6 Å². The predicted octanol–water partition coefficient (Wildman–Crippen LogP) is 3.40. The molecule has 112 valence electrons. The van der Waals surface area contributed by atoms with Gasteiger partial charge in [0.1, 0.15) is 16.8 Å². The molecule has 5 heteroatoms. The van der Waals surface area contributed by atoms with Gasteiger partial charge in [-0.25, -0.2) is 9.97 Å². The van der Waals surface area contributed by atoms with Crippen molar-refractivity contribution in [1.29, 1.82) is 0 Å². The second kappa shape index (κ2) is 7.23. The van der Waals surface area contributed by atoms with Crippen LogP contribution in [0.15, 0.2) is 0 Å². The van der Waals surface area contributed by atoms with Gasteiger partial charge in [0.25, 0.3) is 0 Å². The third-order valence-electron chi connectivity index (χ3n) is 3.66. The fourth-order valence-corrected chi connectivity index (χ4v) is 2.85. The van der Waals surface area contributed by atoms with Crippen LogP contribution in [0.3, 0.4) is 0 Å². The zero-order chi connectivity index (χ0) is 14.5. The number of hydrogen-bond acceptors (Lipinski definition) is 4. The maximum Gasteiger partial charge on any atom is 0.137 e. The lowest BCUT2D eigenvalue weighted by atomic mass is 10.1. The molecule has 1 aliphatic heterocycles. The van der Waals surface area contributed by atoms with Crippen molar-refractivity contribution in [1.82, 2.24) is 9.97 Å². The predicted molar refractivity (Wildman–Crippen MR) is 82.6 cm³/mol. The Hall–Kier alpha value is -0.870. The van der Waals surface area contributed by atoms with Crippen molar-refractivity contribution >= 4 is 17.4 Å². The number of aryl methyl sites for hydroxylation is 1. The van der Waals surface area contributed by atoms with Crippen LogP contribution in [0.2, 0.25) is 5.15 Å². The van der Waals surface area contributed by atoms with Crippen molar-refractivity contribution in [3.05, 3.63) is 16.5 Å². The van der Waals surface area contributed by atoms with Gasteiger partial charge >= 0.3 is 0 Å². The Kier molecular flexibility index (Phi) is 5.61. The lowest BCUT2D eigenvalue weighted by molar-refractivity contribution is 0.0525. The first-order valence-electron chi connectivity index (χ1n) is 7.55. The molecule has 4 nitrogen and oxygen atoms in total. The molecule has 0 aliphatic carbocycles. The number of anilines is 1. The summed E-state index contributed by atoms with van der Waals surface area (Å²) in [6.45, 7) is 8.85. The molecule has 1 atom stereocenters. The van der Waals surface area contributed by atoms with Crippen LogP contribution in [0.1, 0.15) is 44.5 Å². The second-order valence-electron chi connectivity index (χ2n) is 5.29. The number of aromatic nitrogens is 2. The highest BCUT2D eigenvalue weighted by atomic mass is 35.5. The standard InChI is InChI=1S/C15H24ClN3O/c1-4-7-13-17-14(16)11(3)15(18-13)19-9-6-8-12(10-19)20-5-2/h12H,4-10H2,1-3H3. The van der Waals surface area contributed by atoms with E-state index in [2.05, 4.69) is 16.8 Å². The van der Waals surface area contributed by atoms with Crippen LogP contribution >= 0.6 is 11.6 Å². The van der Waals surface area contributed by atoms with E-state index in [-0.39, 0.29) is 0 Å². The summed E-state index contributed by atoms with van der Waals surface area (Å²) in [7, 11) is 0. The Morgan fingerprint density at radius 3 is 2.85 bits per heavy atom. The Morgan fingerprint density at radius 1 is 1.35 bits per heavy atom. The average molecular weight is 298 g/mol. The summed E-state index contributed by atoms with van der Waals surface area (Å²) >= 11 is 6.26. The largest absolute Gasteiger partial charge is 0.377 e. The normalized spacial score (nSPS) is 19.4. The first-order valence-corrected chi connectivity index (χ1v) is 7.93. The van der Waals surface area contributed by atoms with Crippen molar-refractivity contribution in [3.63, 3.8) is 0 Å². The van der Waals surface area contributed by atoms with Gasteiger partial charge in [0.05, 0.1) is 6.10 Å². The highest BCUT2D eigenvalue weighted by molar-refractivity contribution is 6.30. The van der Waals surface area contributed by atoms with Gasteiger partial charge in [-0.1, -0.05) is 18.5 Å². The molecule has 1 aromatic heterocycles. The van der Waals surface area contributed by atoms with Crippen LogP contribution in [-0.2, 0) is 11.2 Å². The molecular formula is C15H24ClN3O. The van der Waals surface area contributed by atoms with E-state index >= 15 is 0 Å². The van der Waals surface area contributed by atoms with Crippen molar-refractivity contribution in [2.75, 3.05) is 24.6 Å². The minimum Gasteiger partial charge on any atom is -0.377 e. The molecule has 1 aliphatic rings. The molecule has 1 saturated heterocycles. The summed E-state index contributed by atoms with van der Waals surface area (Å²) in [5.74, 6) is 1.83. The number of rotatable bonds is 5. The zero-order valence-corrected chi connectivity index (χ0v) is 13.4. The molecule has 0 spiro atoms. The van der Waals surface area contributed by atoms with E-state index in [1.807, 2.05) is 13.8 Å². The van der Waals surface area contributed by atoms with Crippen LogP contribution in [0.4, 0.5) is 5.82 Å². The molecular weight excluding hydrogens is 274 g/mol. The molecule has 0 radical (unpaired) electrons. The van der Waals surface area contributed by atoms with Gasteiger partial charge in [0, 0.05) is 31.7 Å². The van der Waals surface area contributed by atoms with Crippen LogP contribution in [-0.4, -0.2) is 35.8 Å². The first-order chi connectivity index (χ1) is 9.65. The van der Waals surface area contributed by atoms with Crippen LogP contribution in [0, 0.1) is 6.92 Å². The third kappa shape index (κ3) is 3.61. The topological polar surface area (TPSA) is 38.2 Å². The lowest BCUT2D eigenvalue weighted by Crippen LogP contribution is -2.40. The summed E-state index contributed by atoms with van der Waals surface area (Å²) in [5, 5.41) is 0.581. The van der Waals surface area contributed by atoms with Crippen molar-refractivity contribution in [2.24, 2.45) is 0 Å². The molecule has 1 aromatic rings. The number of nitrogens with zero attached hydrogens (tertiary/aromatic N) is 3. The van der Waals surface area contributed by atoms with Gasteiger partial charge in [0.2, 0.25) is 0 Å². The van der Waals surface area contributed by atoms with Gasteiger partial charge in [-0.3, -0.25) is 0 Å². The average Bonchev–Trinajstić information content (AvgIpc) is 2.43. The van der Waals surface area contributed by atoms with E-state index in [4.69, 9.17) is 21.3 Å². The zero-order valence-electron chi connectivity index (χ0n) is 12.7. The van der Waals surface area contributed by atoms with Crippen LogP contribution < -0.4 is 4.90 Å². The monoisotopic (exact) mass is 297 g/mol. The van der Waals surface area contributed by atoms with E-state index in [1.54, 1.807) is 0 Å². The molecule has 0 aromatic carbocycles. The number of hydrogen-bond donors (Lipinski definition) is 0. The molecule has 1 fully saturated rings. The Morgan fingerprint density at radius 2 is 2.15 bits per heavy atom. The van der Waals surface area contributed by atoms with Gasteiger partial charge in [-0.05, 0) is 33.1 Å². The molecule has 0 N–H and O–H groups in total. The molecule has 2 heterocycles. The fraction of sp³-hybridized carbons (Fsp3) is 0.733. The molecule has 0 saturated carbocycles. The number of piperidine rings is 1. The number of ether oxygens (including phenoxy) is 1. The second-order valence-corrected chi connectivity index (χ2v) is 5.65. The first kappa shape index (κ1) is 15.5. The number of halogens is 1. The quantitative estimate of drug-likeness (QED) is 0.781. The maximum atomic E-state index is 6.26. The maximum absolute atomic E-state index is 6.26. The summed E-state index contributed by atoms with van der Waals surface area (Å²) in [6, 6.07) is 0. The molecule has 20 heavy (non-hydrogen) atoms. The lowest BCUT2D eigenvalue weighted by Gasteiger charge is -2.34. The van der Waals surface area contributed by atoms with Gasteiger partial charge in [-0.2, -0.15) is 0 Å². The van der Waals surface area contributed by atoms with Crippen LogP contribution in [0.25, 0.3) is 0 Å². The molecule has 0 amide bonds. The Labute approximate surface area is 126 Å². The van der Waals surface area contributed by atoms with Gasteiger partial charge < -0.3 is 9.64 Å². The van der Waals surface area contributed by atoms with E-state index < -0.39 is 0 Å². The highest BCUT2D eigenvalue weighted by Crippen LogP contribution is 2.27. The van der Waals surface area contributed by atoms with Crippen molar-refractivity contribution in [2.45, 2.75) is 52.6 Å². The van der Waals surface area contributed by atoms with Crippen LogP contribution in [0.5, 0.6) is 0 Å². The molecule has 2 rings (SSSR count). The Bertz CT molecular complexity index is 451. The molecule has 0 bridgehead atoms. The molecule has 1 unspecified atom stereocenters. The minimum absolute atomic E-state index is 0.302. The van der Waals surface area contributed by atoms with E-state index in [0.29, 0.717) is 11.3 Å². The SMILES string of the molecule is CCCc1nc(Cl)c(C)c(N2CCCC(OCC)C2)n1. The van der Waals surface area contributed by atoms with Crippen molar-refractivity contribution < 1.29 is 4.74 Å². The van der Waals surface area contributed by atoms with Gasteiger partial charge in [0.15, 0.2) is 0 Å². The van der Waals surface area contributed by atoms with E-state index in [9.17, 15) is 0 Å². The summed E-state index contributed by atoms with van der Waals surface area (Å²) < 4.78 is 5.76.